The molecule has 2 aromatic rings. The molecule has 1 aromatic heterocycles. The molecule has 0 saturated carbocycles. The lowest BCUT2D eigenvalue weighted by atomic mass is 10.2. The van der Waals surface area contributed by atoms with E-state index in [-0.39, 0.29) is 6.09 Å². The molecular weight excluding hydrogens is 312 g/mol. The second-order valence-electron chi connectivity index (χ2n) is 5.31. The Morgan fingerprint density at radius 3 is 2.79 bits per heavy atom. The second kappa shape index (κ2) is 7.20. The molecule has 0 radical (unpaired) electrons. The maximum atomic E-state index is 11.7. The van der Waals surface area contributed by atoms with Gasteiger partial charge in [0.15, 0.2) is 0 Å². The average molecular weight is 332 g/mol. The summed E-state index contributed by atoms with van der Waals surface area (Å²) in [5.74, 6) is 1.25. The zero-order valence-electron chi connectivity index (χ0n) is 13.8. The predicted octanol–water partition coefficient (Wildman–Crippen LogP) is 2.02. The van der Waals surface area contributed by atoms with Crippen molar-refractivity contribution >= 4 is 12.1 Å². The Morgan fingerprint density at radius 1 is 1.29 bits per heavy atom. The van der Waals surface area contributed by atoms with Crippen molar-refractivity contribution in [1.82, 2.24) is 15.0 Å². The number of nitrogens with zero attached hydrogens (tertiary/aromatic N) is 4. The maximum Gasteiger partial charge on any atom is 0.409 e. The van der Waals surface area contributed by atoms with Crippen LogP contribution >= 0.6 is 0 Å². The average Bonchev–Trinajstić information content (AvgIpc) is 3.12. The quantitative estimate of drug-likeness (QED) is 0.847. The number of piperazine rings is 1. The molecule has 1 fully saturated rings. The third-order valence-electron chi connectivity index (χ3n) is 3.82. The molecule has 1 aliphatic heterocycles. The largest absolute Gasteiger partial charge is 0.497 e. The number of hydrogen-bond acceptors (Lipinski definition) is 7. The SMILES string of the molecule is CCOC(=O)N1CCN(c2nc(-c3cccc(OC)c3)no2)CC1. The number of benzene rings is 1. The van der Waals surface area contributed by atoms with E-state index in [4.69, 9.17) is 14.0 Å². The van der Waals surface area contributed by atoms with Gasteiger partial charge in [0.05, 0.1) is 13.7 Å². The minimum absolute atomic E-state index is 0.278. The summed E-state index contributed by atoms with van der Waals surface area (Å²) in [5.41, 5.74) is 0.828. The van der Waals surface area contributed by atoms with Crippen LogP contribution in [-0.2, 0) is 4.74 Å². The minimum Gasteiger partial charge on any atom is -0.497 e. The lowest BCUT2D eigenvalue weighted by Crippen LogP contribution is -2.49. The highest BCUT2D eigenvalue weighted by atomic mass is 16.6. The molecule has 8 heteroatoms. The van der Waals surface area contributed by atoms with E-state index in [0.717, 1.165) is 11.3 Å². The van der Waals surface area contributed by atoms with Gasteiger partial charge in [0.1, 0.15) is 5.75 Å². The molecule has 1 amide bonds. The molecule has 1 saturated heterocycles. The van der Waals surface area contributed by atoms with Gasteiger partial charge >= 0.3 is 12.1 Å². The molecule has 0 N–H and O–H groups in total. The van der Waals surface area contributed by atoms with Crippen LogP contribution in [0.5, 0.6) is 5.75 Å². The van der Waals surface area contributed by atoms with E-state index in [9.17, 15) is 4.79 Å². The number of ether oxygens (including phenoxy) is 2. The van der Waals surface area contributed by atoms with Gasteiger partial charge in [-0.1, -0.05) is 17.3 Å². The van der Waals surface area contributed by atoms with Crippen LogP contribution in [0, 0.1) is 0 Å². The Labute approximate surface area is 139 Å². The predicted molar refractivity (Wildman–Crippen MR) is 87.1 cm³/mol. The summed E-state index contributed by atoms with van der Waals surface area (Å²) in [6.07, 6.45) is -0.278. The van der Waals surface area contributed by atoms with E-state index >= 15 is 0 Å². The Morgan fingerprint density at radius 2 is 2.08 bits per heavy atom. The first-order chi connectivity index (χ1) is 11.7. The first kappa shape index (κ1) is 16.1. The fraction of sp³-hybridized carbons (Fsp3) is 0.438. The van der Waals surface area contributed by atoms with Gasteiger partial charge in [-0.3, -0.25) is 0 Å². The van der Waals surface area contributed by atoms with Crippen LogP contribution in [0.15, 0.2) is 28.8 Å². The first-order valence-electron chi connectivity index (χ1n) is 7.86. The third kappa shape index (κ3) is 3.42. The summed E-state index contributed by atoms with van der Waals surface area (Å²) < 4.78 is 15.6. The minimum atomic E-state index is -0.278. The van der Waals surface area contributed by atoms with Gasteiger partial charge in [0.2, 0.25) is 5.82 Å². The van der Waals surface area contributed by atoms with Gasteiger partial charge in [-0.15, -0.1) is 0 Å². The number of carbonyl (C=O) groups excluding carboxylic acids is 1. The molecule has 3 rings (SSSR count). The van der Waals surface area contributed by atoms with E-state index in [2.05, 4.69) is 10.1 Å². The van der Waals surface area contributed by atoms with Gasteiger partial charge in [0, 0.05) is 31.7 Å². The molecule has 128 valence electrons. The van der Waals surface area contributed by atoms with Crippen molar-refractivity contribution in [3.8, 4) is 17.1 Å². The second-order valence-corrected chi connectivity index (χ2v) is 5.31. The highest BCUT2D eigenvalue weighted by Crippen LogP contribution is 2.24. The normalized spacial score (nSPS) is 14.6. The number of carbonyl (C=O) groups is 1. The number of anilines is 1. The van der Waals surface area contributed by atoms with Crippen molar-refractivity contribution < 1.29 is 18.8 Å². The number of amides is 1. The van der Waals surface area contributed by atoms with E-state index < -0.39 is 0 Å². The van der Waals surface area contributed by atoms with Crippen LogP contribution < -0.4 is 9.64 Å². The van der Waals surface area contributed by atoms with E-state index in [0.29, 0.717) is 44.6 Å². The molecule has 0 aliphatic carbocycles. The molecule has 24 heavy (non-hydrogen) atoms. The molecule has 1 aliphatic rings. The summed E-state index contributed by atoms with van der Waals surface area (Å²) in [5, 5.41) is 4.03. The summed E-state index contributed by atoms with van der Waals surface area (Å²) in [4.78, 5) is 19.8. The third-order valence-corrected chi connectivity index (χ3v) is 3.82. The monoisotopic (exact) mass is 332 g/mol. The van der Waals surface area contributed by atoms with E-state index in [1.807, 2.05) is 29.2 Å². The smallest absolute Gasteiger partial charge is 0.409 e. The first-order valence-corrected chi connectivity index (χ1v) is 7.86. The lowest BCUT2D eigenvalue weighted by molar-refractivity contribution is 0.104. The number of methoxy groups -OCH3 is 1. The van der Waals surface area contributed by atoms with Crippen molar-refractivity contribution in [2.75, 3.05) is 44.8 Å². The highest BCUT2D eigenvalue weighted by Gasteiger charge is 2.25. The maximum absolute atomic E-state index is 11.7. The molecule has 8 nitrogen and oxygen atoms in total. The molecular formula is C16H20N4O4. The van der Waals surface area contributed by atoms with Crippen LogP contribution in [0.2, 0.25) is 0 Å². The molecule has 0 spiro atoms. The van der Waals surface area contributed by atoms with Crippen molar-refractivity contribution in [3.05, 3.63) is 24.3 Å². The zero-order chi connectivity index (χ0) is 16.9. The van der Waals surface area contributed by atoms with Gasteiger partial charge in [-0.25, -0.2) is 4.79 Å². The van der Waals surface area contributed by atoms with Crippen LogP contribution in [0.4, 0.5) is 10.8 Å². The van der Waals surface area contributed by atoms with Gasteiger partial charge in [-0.05, 0) is 19.1 Å². The van der Waals surface area contributed by atoms with Crippen molar-refractivity contribution in [3.63, 3.8) is 0 Å². The van der Waals surface area contributed by atoms with Crippen molar-refractivity contribution in [2.45, 2.75) is 6.92 Å². The van der Waals surface area contributed by atoms with Crippen LogP contribution in [0.3, 0.4) is 0 Å². The van der Waals surface area contributed by atoms with Gasteiger partial charge < -0.3 is 23.8 Å². The van der Waals surface area contributed by atoms with Gasteiger partial charge in [-0.2, -0.15) is 4.98 Å². The summed E-state index contributed by atoms with van der Waals surface area (Å²) in [6, 6.07) is 7.95. The van der Waals surface area contributed by atoms with E-state index in [1.165, 1.54) is 0 Å². The molecule has 0 bridgehead atoms. The standard InChI is InChI=1S/C16H20N4O4/c1-3-23-16(21)20-9-7-19(8-10-20)15-17-14(18-24-15)12-5-4-6-13(11-12)22-2/h4-6,11H,3,7-10H2,1-2H3. The molecule has 2 heterocycles. The Hall–Kier alpha value is -2.77. The topological polar surface area (TPSA) is 80.9 Å². The zero-order valence-corrected chi connectivity index (χ0v) is 13.8. The Bertz CT molecular complexity index is 695. The van der Waals surface area contributed by atoms with Gasteiger partial charge in [0.25, 0.3) is 0 Å². The van der Waals surface area contributed by atoms with Crippen molar-refractivity contribution in [1.29, 1.82) is 0 Å². The molecule has 0 unspecified atom stereocenters. The van der Waals surface area contributed by atoms with Crippen LogP contribution in [0.25, 0.3) is 11.4 Å². The lowest BCUT2D eigenvalue weighted by Gasteiger charge is -2.32. The van der Waals surface area contributed by atoms with Crippen molar-refractivity contribution in [2.24, 2.45) is 0 Å². The Kier molecular flexibility index (Phi) is 4.83. The Balaban J connectivity index is 1.65. The summed E-state index contributed by atoms with van der Waals surface area (Å²) in [7, 11) is 1.61. The molecule has 1 aromatic carbocycles. The number of hydrogen-bond donors (Lipinski definition) is 0. The summed E-state index contributed by atoms with van der Waals surface area (Å²) in [6.45, 7) is 4.56. The fourth-order valence-corrected chi connectivity index (χ4v) is 2.52. The van der Waals surface area contributed by atoms with E-state index in [1.54, 1.807) is 18.9 Å². The van der Waals surface area contributed by atoms with Crippen LogP contribution in [-0.4, -0.2) is 61.0 Å². The van der Waals surface area contributed by atoms with Crippen LogP contribution in [0.1, 0.15) is 6.92 Å². The highest BCUT2D eigenvalue weighted by molar-refractivity contribution is 5.68. The number of rotatable bonds is 4. The number of aromatic nitrogens is 2. The summed E-state index contributed by atoms with van der Waals surface area (Å²) >= 11 is 0. The molecule has 0 atom stereocenters. The fourth-order valence-electron chi connectivity index (χ4n) is 2.52.